The molecule has 0 amide bonds. The molecule has 2 aromatic rings. The Kier molecular flexibility index (Phi) is 4.34. The van der Waals surface area contributed by atoms with Gasteiger partial charge in [-0.1, -0.05) is 30.0 Å². The van der Waals surface area contributed by atoms with Gasteiger partial charge in [-0.25, -0.2) is 4.98 Å². The Bertz CT molecular complexity index is 557. The lowest BCUT2D eigenvalue weighted by Gasteiger charge is -1.98. The predicted molar refractivity (Wildman–Crippen MR) is 70.9 cm³/mol. The predicted octanol–water partition coefficient (Wildman–Crippen LogP) is 1.90. The molecule has 0 bridgehead atoms. The van der Waals surface area contributed by atoms with Gasteiger partial charge in [-0.3, -0.25) is 0 Å². The summed E-state index contributed by atoms with van der Waals surface area (Å²) in [5.74, 6) is 6.81. The third-order valence-electron chi connectivity index (χ3n) is 2.40. The SMILES string of the molecule is OCC=CC#Cc1ccc(Cc2ncc[nH]2)cc1. The van der Waals surface area contributed by atoms with Crippen molar-refractivity contribution in [3.05, 3.63) is 65.8 Å². The Morgan fingerprint density at radius 1 is 1.28 bits per heavy atom. The lowest BCUT2D eigenvalue weighted by molar-refractivity contribution is 0.343. The van der Waals surface area contributed by atoms with Crippen molar-refractivity contribution >= 4 is 0 Å². The fourth-order valence-electron chi connectivity index (χ4n) is 1.53. The van der Waals surface area contributed by atoms with Crippen LogP contribution in [0.5, 0.6) is 0 Å². The summed E-state index contributed by atoms with van der Waals surface area (Å²) in [6.07, 6.45) is 7.63. The van der Waals surface area contributed by atoms with Crippen LogP contribution in [0.15, 0.2) is 48.8 Å². The number of hydrogen-bond acceptors (Lipinski definition) is 2. The van der Waals surface area contributed by atoms with Gasteiger partial charge in [-0.2, -0.15) is 0 Å². The Hall–Kier alpha value is -2.31. The van der Waals surface area contributed by atoms with E-state index in [4.69, 9.17) is 5.11 Å². The molecule has 1 aromatic heterocycles. The molecule has 0 atom stereocenters. The minimum Gasteiger partial charge on any atom is -0.392 e. The van der Waals surface area contributed by atoms with Gasteiger partial charge in [-0.15, -0.1) is 0 Å². The minimum atomic E-state index is 0.0246. The average Bonchev–Trinajstić information content (AvgIpc) is 2.89. The quantitative estimate of drug-likeness (QED) is 0.802. The van der Waals surface area contributed by atoms with Crippen LogP contribution < -0.4 is 0 Å². The first kappa shape index (κ1) is 12.2. The summed E-state index contributed by atoms with van der Waals surface area (Å²) < 4.78 is 0. The molecule has 0 aliphatic rings. The summed E-state index contributed by atoms with van der Waals surface area (Å²) in [5, 5.41) is 8.56. The van der Waals surface area contributed by atoms with Gasteiger partial charge in [0.2, 0.25) is 0 Å². The minimum absolute atomic E-state index is 0.0246. The topological polar surface area (TPSA) is 48.9 Å². The number of aromatic amines is 1. The third kappa shape index (κ3) is 3.62. The number of aliphatic hydroxyl groups is 1. The molecule has 2 rings (SSSR count). The maximum atomic E-state index is 8.56. The van der Waals surface area contributed by atoms with Crippen molar-refractivity contribution in [1.82, 2.24) is 9.97 Å². The second-order valence-electron chi connectivity index (χ2n) is 3.76. The molecule has 0 fully saturated rings. The van der Waals surface area contributed by atoms with Gasteiger partial charge in [0.25, 0.3) is 0 Å². The fourth-order valence-corrected chi connectivity index (χ4v) is 1.53. The number of imidazole rings is 1. The van der Waals surface area contributed by atoms with Crippen molar-refractivity contribution < 1.29 is 5.11 Å². The molecule has 0 unspecified atom stereocenters. The highest BCUT2D eigenvalue weighted by molar-refractivity contribution is 5.38. The number of nitrogens with one attached hydrogen (secondary N) is 1. The molecule has 0 spiro atoms. The highest BCUT2D eigenvalue weighted by Crippen LogP contribution is 2.07. The van der Waals surface area contributed by atoms with E-state index in [9.17, 15) is 0 Å². The third-order valence-corrected chi connectivity index (χ3v) is 2.40. The van der Waals surface area contributed by atoms with Gasteiger partial charge in [0.15, 0.2) is 0 Å². The van der Waals surface area contributed by atoms with Crippen molar-refractivity contribution in [3.8, 4) is 11.8 Å². The highest BCUT2D eigenvalue weighted by atomic mass is 16.2. The van der Waals surface area contributed by atoms with Crippen LogP contribution in [0.3, 0.4) is 0 Å². The summed E-state index contributed by atoms with van der Waals surface area (Å²) in [6.45, 7) is 0.0246. The Morgan fingerprint density at radius 2 is 2.11 bits per heavy atom. The molecular weight excluding hydrogens is 224 g/mol. The van der Waals surface area contributed by atoms with E-state index >= 15 is 0 Å². The van der Waals surface area contributed by atoms with Gasteiger partial charge in [0.05, 0.1) is 6.61 Å². The first-order chi connectivity index (χ1) is 8.88. The normalized spacial score (nSPS) is 10.3. The smallest absolute Gasteiger partial charge is 0.110 e. The zero-order valence-electron chi connectivity index (χ0n) is 9.93. The average molecular weight is 238 g/mol. The lowest BCUT2D eigenvalue weighted by Crippen LogP contribution is -1.90. The van der Waals surface area contributed by atoms with Crippen LogP contribution in [0.2, 0.25) is 0 Å². The van der Waals surface area contributed by atoms with Crippen LogP contribution in [0, 0.1) is 11.8 Å². The van der Waals surface area contributed by atoms with E-state index in [-0.39, 0.29) is 6.61 Å². The fraction of sp³-hybridized carbons (Fsp3) is 0.133. The number of rotatable bonds is 3. The van der Waals surface area contributed by atoms with Gasteiger partial charge in [0, 0.05) is 24.4 Å². The number of allylic oxidation sites excluding steroid dienone is 1. The zero-order valence-corrected chi connectivity index (χ0v) is 9.93. The summed E-state index contributed by atoms with van der Waals surface area (Å²) in [5.41, 5.74) is 2.15. The second-order valence-corrected chi connectivity index (χ2v) is 3.76. The van der Waals surface area contributed by atoms with Gasteiger partial charge < -0.3 is 10.1 Å². The van der Waals surface area contributed by atoms with Crippen molar-refractivity contribution in [3.63, 3.8) is 0 Å². The summed E-state index contributed by atoms with van der Waals surface area (Å²) >= 11 is 0. The number of nitrogens with zero attached hydrogens (tertiary/aromatic N) is 1. The largest absolute Gasteiger partial charge is 0.392 e. The van der Waals surface area contributed by atoms with Crippen LogP contribution in [0.4, 0.5) is 0 Å². The molecule has 2 N–H and O–H groups in total. The van der Waals surface area contributed by atoms with E-state index in [0.29, 0.717) is 0 Å². The summed E-state index contributed by atoms with van der Waals surface area (Å²) in [7, 11) is 0. The van der Waals surface area contributed by atoms with E-state index < -0.39 is 0 Å². The van der Waals surface area contributed by atoms with Crippen molar-refractivity contribution in [2.75, 3.05) is 6.61 Å². The molecule has 0 aliphatic heterocycles. The lowest BCUT2D eigenvalue weighted by atomic mass is 10.1. The summed E-state index contributed by atoms with van der Waals surface area (Å²) in [4.78, 5) is 7.26. The number of aliphatic hydroxyl groups excluding tert-OH is 1. The molecule has 1 aromatic carbocycles. The van der Waals surface area contributed by atoms with Crippen LogP contribution >= 0.6 is 0 Å². The standard InChI is InChI=1S/C15H14N2O/c18-11-3-1-2-4-13-5-7-14(8-6-13)12-15-16-9-10-17-15/h1,3,5-10,18H,11-12H2,(H,16,17). The van der Waals surface area contributed by atoms with Crippen molar-refractivity contribution in [2.24, 2.45) is 0 Å². The van der Waals surface area contributed by atoms with Gasteiger partial charge >= 0.3 is 0 Å². The molecule has 90 valence electrons. The first-order valence-corrected chi connectivity index (χ1v) is 5.73. The van der Waals surface area contributed by atoms with Crippen molar-refractivity contribution in [2.45, 2.75) is 6.42 Å². The molecule has 0 saturated heterocycles. The van der Waals surface area contributed by atoms with Crippen LogP contribution in [-0.4, -0.2) is 21.7 Å². The second kappa shape index (κ2) is 6.43. The van der Waals surface area contributed by atoms with Crippen molar-refractivity contribution in [1.29, 1.82) is 0 Å². The highest BCUT2D eigenvalue weighted by Gasteiger charge is 1.97. The maximum absolute atomic E-state index is 8.56. The Morgan fingerprint density at radius 3 is 2.78 bits per heavy atom. The van der Waals surface area contributed by atoms with E-state index in [2.05, 4.69) is 21.8 Å². The van der Waals surface area contributed by atoms with Crippen LogP contribution in [0.25, 0.3) is 0 Å². The molecule has 3 heteroatoms. The number of hydrogen-bond donors (Lipinski definition) is 2. The van der Waals surface area contributed by atoms with Gasteiger partial charge in [0.1, 0.15) is 5.82 Å². The zero-order chi connectivity index (χ0) is 12.6. The molecule has 18 heavy (non-hydrogen) atoms. The number of benzene rings is 1. The maximum Gasteiger partial charge on any atom is 0.110 e. The Labute approximate surface area is 106 Å². The molecule has 1 heterocycles. The number of aromatic nitrogens is 2. The van der Waals surface area contributed by atoms with Crippen LogP contribution in [0.1, 0.15) is 17.0 Å². The summed E-state index contributed by atoms with van der Waals surface area (Å²) in [6, 6.07) is 8.06. The molecular formula is C15H14N2O. The van der Waals surface area contributed by atoms with Crippen LogP contribution in [-0.2, 0) is 6.42 Å². The first-order valence-electron chi connectivity index (χ1n) is 5.73. The molecule has 0 aliphatic carbocycles. The van der Waals surface area contributed by atoms with E-state index in [1.54, 1.807) is 18.3 Å². The van der Waals surface area contributed by atoms with E-state index in [0.717, 1.165) is 17.8 Å². The Balaban J connectivity index is 2.00. The molecule has 0 radical (unpaired) electrons. The van der Waals surface area contributed by atoms with Gasteiger partial charge in [-0.05, 0) is 23.8 Å². The molecule has 0 saturated carbocycles. The number of H-pyrrole nitrogens is 1. The van der Waals surface area contributed by atoms with E-state index in [1.807, 2.05) is 30.5 Å². The molecule has 3 nitrogen and oxygen atoms in total. The monoisotopic (exact) mass is 238 g/mol. The van der Waals surface area contributed by atoms with E-state index in [1.165, 1.54) is 5.56 Å².